The van der Waals surface area contributed by atoms with Gasteiger partial charge >= 0.3 is 0 Å². The van der Waals surface area contributed by atoms with Gasteiger partial charge in [0.25, 0.3) is 15.9 Å². The molecule has 0 fully saturated rings. The summed E-state index contributed by atoms with van der Waals surface area (Å²) in [7, 11) is -2.42. The Hall–Kier alpha value is -3.59. The smallest absolute Gasteiger partial charge is 0.263 e. The lowest BCUT2D eigenvalue weighted by Gasteiger charge is -2.19. The Kier molecular flexibility index (Phi) is 8.34. The summed E-state index contributed by atoms with van der Waals surface area (Å²) in [5.74, 6) is 1.11. The van der Waals surface area contributed by atoms with Crippen LogP contribution in [0.15, 0.2) is 72.4 Å². The number of methoxy groups -OCH3 is 1. The molecule has 2 aromatic carbocycles. The minimum Gasteiger partial charge on any atom is -0.497 e. The first-order chi connectivity index (χ1) is 16.6. The van der Waals surface area contributed by atoms with Crippen LogP contribution in [-0.4, -0.2) is 32.1 Å². The summed E-state index contributed by atoms with van der Waals surface area (Å²) in [6.07, 6.45) is 4.50. The normalized spacial score (nSPS) is 11.5. The Morgan fingerprint density at radius 3 is 2.43 bits per heavy atom. The van der Waals surface area contributed by atoms with Crippen molar-refractivity contribution in [1.82, 2.24) is 9.97 Å². The number of nitrogens with one attached hydrogen (secondary N) is 1. The van der Waals surface area contributed by atoms with Gasteiger partial charge in [-0.3, -0.25) is 4.72 Å². The Morgan fingerprint density at radius 2 is 1.77 bits per heavy atom. The molecule has 0 spiro atoms. The predicted molar refractivity (Wildman–Crippen MR) is 136 cm³/mol. The van der Waals surface area contributed by atoms with Gasteiger partial charge in [0.1, 0.15) is 17.8 Å². The Morgan fingerprint density at radius 1 is 1.06 bits per heavy atom. The van der Waals surface area contributed by atoms with Gasteiger partial charge in [0, 0.05) is 6.07 Å². The van der Waals surface area contributed by atoms with Crippen molar-refractivity contribution in [1.29, 1.82) is 0 Å². The summed E-state index contributed by atoms with van der Waals surface area (Å²) in [6.45, 7) is 10.2. The number of ether oxygens (including phenoxy) is 3. The van der Waals surface area contributed by atoms with Crippen LogP contribution in [0.4, 0.5) is 5.82 Å². The van der Waals surface area contributed by atoms with Crippen molar-refractivity contribution in [2.75, 3.05) is 18.4 Å². The molecule has 1 aromatic heterocycles. The quantitative estimate of drug-likeness (QED) is 0.267. The maximum atomic E-state index is 13.2. The second kappa shape index (κ2) is 11.2. The largest absolute Gasteiger partial charge is 0.497 e. The maximum Gasteiger partial charge on any atom is 0.263 e. The fourth-order valence-corrected chi connectivity index (χ4v) is 4.14. The first-order valence-corrected chi connectivity index (χ1v) is 12.7. The van der Waals surface area contributed by atoms with Gasteiger partial charge in [-0.05, 0) is 48.1 Å². The molecule has 0 aliphatic rings. The molecule has 1 N–H and O–H groups in total. The first kappa shape index (κ1) is 26.0. The average molecular weight is 498 g/mol. The van der Waals surface area contributed by atoms with E-state index in [1.165, 1.54) is 6.33 Å². The molecule has 8 nitrogen and oxygen atoms in total. The van der Waals surface area contributed by atoms with E-state index in [4.69, 9.17) is 14.2 Å². The van der Waals surface area contributed by atoms with Crippen molar-refractivity contribution in [3.8, 4) is 23.1 Å². The zero-order chi connectivity index (χ0) is 25.5. The highest BCUT2D eigenvalue weighted by molar-refractivity contribution is 7.92. The molecular weight excluding hydrogens is 466 g/mol. The monoisotopic (exact) mass is 497 g/mol. The summed E-state index contributed by atoms with van der Waals surface area (Å²) in [6, 6.07) is 13.6. The first-order valence-electron chi connectivity index (χ1n) is 11.2. The summed E-state index contributed by atoms with van der Waals surface area (Å²) >= 11 is 0. The summed E-state index contributed by atoms with van der Waals surface area (Å²) < 4.78 is 45.9. The molecular formula is C26H31N3O5S. The van der Waals surface area contributed by atoms with Crippen molar-refractivity contribution in [2.24, 2.45) is 0 Å². The highest BCUT2D eigenvalue weighted by atomic mass is 32.2. The lowest BCUT2D eigenvalue weighted by Crippen LogP contribution is -2.16. The van der Waals surface area contributed by atoms with E-state index < -0.39 is 10.0 Å². The van der Waals surface area contributed by atoms with Gasteiger partial charge in [-0.25, -0.2) is 13.4 Å². The number of rotatable bonds is 11. The molecule has 0 aliphatic carbocycles. The van der Waals surface area contributed by atoms with Crippen LogP contribution in [0, 0.1) is 0 Å². The zero-order valence-corrected chi connectivity index (χ0v) is 21.3. The lowest BCUT2D eigenvalue weighted by atomic mass is 9.87. The van der Waals surface area contributed by atoms with Gasteiger partial charge < -0.3 is 14.2 Å². The molecule has 9 heteroatoms. The summed E-state index contributed by atoms with van der Waals surface area (Å²) in [5.41, 5.74) is 0.925. The standard InChI is InChI=1S/C26H31N3O5S/c1-6-7-8-16-33-25-23(34-21-11-9-10-20(17-21)32-5)24(27-18-28-25)29-35(30,31)22-14-12-19(13-15-22)26(2,3)4/h6,9-15,17-18H,1,7-8,16H2,2-5H3,(H,27,28,29). The molecule has 186 valence electrons. The molecule has 0 atom stereocenters. The van der Waals surface area contributed by atoms with E-state index in [1.807, 2.05) is 0 Å². The van der Waals surface area contributed by atoms with E-state index in [9.17, 15) is 8.42 Å². The molecule has 3 aromatic rings. The number of unbranched alkanes of at least 4 members (excludes halogenated alkanes) is 1. The van der Waals surface area contributed by atoms with Gasteiger partial charge in [0.05, 0.1) is 18.6 Å². The molecule has 0 saturated heterocycles. The van der Waals surface area contributed by atoms with E-state index in [2.05, 4.69) is 42.0 Å². The van der Waals surface area contributed by atoms with E-state index in [-0.39, 0.29) is 27.8 Å². The Bertz CT molecular complexity index is 1250. The number of anilines is 1. The van der Waals surface area contributed by atoms with E-state index in [0.29, 0.717) is 24.5 Å². The maximum absolute atomic E-state index is 13.2. The van der Waals surface area contributed by atoms with Crippen LogP contribution in [0.2, 0.25) is 0 Å². The SMILES string of the molecule is C=CCCCOc1ncnc(NS(=O)(=O)c2ccc(C(C)(C)C)cc2)c1Oc1cccc(OC)c1. The average Bonchev–Trinajstić information content (AvgIpc) is 2.83. The minimum absolute atomic E-state index is 0.0403. The molecule has 0 saturated carbocycles. The van der Waals surface area contributed by atoms with Gasteiger partial charge in [0.15, 0.2) is 5.82 Å². The van der Waals surface area contributed by atoms with Gasteiger partial charge in [-0.15, -0.1) is 6.58 Å². The number of nitrogens with zero attached hydrogens (tertiary/aromatic N) is 2. The van der Waals surface area contributed by atoms with E-state index in [1.54, 1.807) is 61.7 Å². The number of sulfonamides is 1. The van der Waals surface area contributed by atoms with Crippen molar-refractivity contribution in [3.05, 3.63) is 73.1 Å². The third-order valence-electron chi connectivity index (χ3n) is 5.09. The number of aromatic nitrogens is 2. The zero-order valence-electron chi connectivity index (χ0n) is 20.4. The molecule has 0 radical (unpaired) electrons. The molecule has 0 bridgehead atoms. The summed E-state index contributed by atoms with van der Waals surface area (Å²) in [4.78, 5) is 8.40. The van der Waals surface area contributed by atoms with Crippen LogP contribution in [0.25, 0.3) is 0 Å². The molecule has 35 heavy (non-hydrogen) atoms. The van der Waals surface area contributed by atoms with Gasteiger partial charge in [0.2, 0.25) is 5.75 Å². The van der Waals surface area contributed by atoms with Crippen LogP contribution in [0.1, 0.15) is 39.2 Å². The Labute approximate surface area is 207 Å². The molecule has 1 heterocycles. The van der Waals surface area contributed by atoms with Crippen LogP contribution < -0.4 is 18.9 Å². The van der Waals surface area contributed by atoms with Crippen LogP contribution in [0.3, 0.4) is 0 Å². The predicted octanol–water partition coefficient (Wildman–Crippen LogP) is 5.72. The second-order valence-electron chi connectivity index (χ2n) is 8.80. The van der Waals surface area contributed by atoms with Crippen molar-refractivity contribution in [3.63, 3.8) is 0 Å². The van der Waals surface area contributed by atoms with E-state index in [0.717, 1.165) is 12.0 Å². The van der Waals surface area contributed by atoms with E-state index >= 15 is 0 Å². The number of allylic oxidation sites excluding steroid dienone is 1. The highest BCUT2D eigenvalue weighted by Gasteiger charge is 2.23. The lowest BCUT2D eigenvalue weighted by molar-refractivity contribution is 0.285. The molecule has 0 unspecified atom stereocenters. The van der Waals surface area contributed by atoms with Gasteiger partial charge in [-0.1, -0.05) is 45.0 Å². The number of hydrogen-bond acceptors (Lipinski definition) is 7. The summed E-state index contributed by atoms with van der Waals surface area (Å²) in [5, 5.41) is 0. The van der Waals surface area contributed by atoms with Crippen molar-refractivity contribution in [2.45, 2.75) is 43.9 Å². The molecule has 3 rings (SSSR count). The highest BCUT2D eigenvalue weighted by Crippen LogP contribution is 2.37. The fourth-order valence-electron chi connectivity index (χ4n) is 3.12. The Balaban J connectivity index is 1.95. The fraction of sp³-hybridized carbons (Fsp3) is 0.308. The third-order valence-corrected chi connectivity index (χ3v) is 6.44. The second-order valence-corrected chi connectivity index (χ2v) is 10.5. The molecule has 0 amide bonds. The van der Waals surface area contributed by atoms with Crippen LogP contribution in [0.5, 0.6) is 23.1 Å². The van der Waals surface area contributed by atoms with Crippen LogP contribution in [-0.2, 0) is 15.4 Å². The van der Waals surface area contributed by atoms with Crippen molar-refractivity contribution >= 4 is 15.8 Å². The topological polar surface area (TPSA) is 99.6 Å². The van der Waals surface area contributed by atoms with Gasteiger partial charge in [-0.2, -0.15) is 4.98 Å². The minimum atomic E-state index is -3.96. The van der Waals surface area contributed by atoms with Crippen molar-refractivity contribution < 1.29 is 22.6 Å². The number of hydrogen-bond donors (Lipinski definition) is 1. The molecule has 0 aliphatic heterocycles. The van der Waals surface area contributed by atoms with Crippen LogP contribution >= 0.6 is 0 Å². The number of benzene rings is 2. The third kappa shape index (κ3) is 6.95.